The summed E-state index contributed by atoms with van der Waals surface area (Å²) < 4.78 is 0. The van der Waals surface area contributed by atoms with Crippen LogP contribution >= 0.6 is 11.6 Å². The topological polar surface area (TPSA) is 69.6 Å². The molecule has 116 valence electrons. The van der Waals surface area contributed by atoms with E-state index in [1.165, 1.54) is 25.0 Å². The number of nitrogens with one attached hydrogen (secondary N) is 1. The zero-order chi connectivity index (χ0) is 15.6. The normalized spacial score (nSPS) is 26.1. The highest BCUT2D eigenvalue weighted by molar-refractivity contribution is 6.35. The predicted molar refractivity (Wildman–Crippen MR) is 82.8 cm³/mol. The lowest BCUT2D eigenvalue weighted by molar-refractivity contribution is 0.0928. The van der Waals surface area contributed by atoms with Crippen LogP contribution in [0.25, 0.3) is 0 Å². The highest BCUT2D eigenvalue weighted by Gasteiger charge is 2.24. The molecule has 5 heteroatoms. The van der Waals surface area contributed by atoms with Gasteiger partial charge in [0.1, 0.15) is 0 Å². The molecular formula is C16H22ClNO3. The van der Waals surface area contributed by atoms with Gasteiger partial charge in [0, 0.05) is 6.04 Å². The van der Waals surface area contributed by atoms with Crippen LogP contribution in [0.4, 0.5) is 0 Å². The molecule has 3 atom stereocenters. The quantitative estimate of drug-likeness (QED) is 0.576. The summed E-state index contributed by atoms with van der Waals surface area (Å²) in [4.78, 5) is 12.3. The van der Waals surface area contributed by atoms with E-state index < -0.39 is 5.75 Å². The van der Waals surface area contributed by atoms with Crippen molar-refractivity contribution >= 4 is 17.5 Å². The summed E-state index contributed by atoms with van der Waals surface area (Å²) in [6, 6.07) is 2.82. The van der Waals surface area contributed by atoms with Crippen molar-refractivity contribution in [2.45, 2.75) is 45.6 Å². The molecule has 1 saturated carbocycles. The Morgan fingerprint density at radius 3 is 2.33 bits per heavy atom. The number of halogens is 1. The summed E-state index contributed by atoms with van der Waals surface area (Å²) in [7, 11) is 0. The molecule has 1 amide bonds. The Morgan fingerprint density at radius 2 is 1.76 bits per heavy atom. The number of aromatic hydroxyl groups is 2. The van der Waals surface area contributed by atoms with Crippen molar-refractivity contribution in [2.24, 2.45) is 11.8 Å². The number of phenolic OH excluding ortho intramolecular Hbond substituents is 2. The van der Waals surface area contributed by atoms with Gasteiger partial charge in [0.15, 0.2) is 11.5 Å². The summed E-state index contributed by atoms with van der Waals surface area (Å²) in [5, 5.41) is 21.9. The molecule has 1 aromatic carbocycles. The molecule has 0 unspecified atom stereocenters. The number of hydrogen-bond donors (Lipinski definition) is 3. The van der Waals surface area contributed by atoms with Crippen LogP contribution in [-0.4, -0.2) is 22.2 Å². The Labute approximate surface area is 130 Å². The van der Waals surface area contributed by atoms with Gasteiger partial charge in [-0.05, 0) is 36.8 Å². The zero-order valence-corrected chi connectivity index (χ0v) is 13.2. The molecule has 0 aromatic heterocycles. The highest BCUT2D eigenvalue weighted by Crippen LogP contribution is 2.35. The third-order valence-electron chi connectivity index (χ3n) is 4.20. The fourth-order valence-corrected chi connectivity index (χ4v) is 3.23. The summed E-state index contributed by atoms with van der Waals surface area (Å²) >= 11 is 5.93. The Morgan fingerprint density at radius 1 is 1.19 bits per heavy atom. The van der Waals surface area contributed by atoms with Crippen LogP contribution < -0.4 is 5.32 Å². The molecule has 0 bridgehead atoms. The maximum atomic E-state index is 12.3. The van der Waals surface area contributed by atoms with Crippen LogP contribution in [0.15, 0.2) is 12.1 Å². The number of phenols is 2. The Hall–Kier alpha value is -1.42. The van der Waals surface area contributed by atoms with Crippen molar-refractivity contribution in [3.63, 3.8) is 0 Å². The van der Waals surface area contributed by atoms with Crippen molar-refractivity contribution in [1.82, 2.24) is 5.32 Å². The number of benzene rings is 1. The van der Waals surface area contributed by atoms with E-state index in [1.54, 1.807) is 0 Å². The van der Waals surface area contributed by atoms with Crippen LogP contribution in [0.2, 0.25) is 5.02 Å². The molecule has 2 rings (SSSR count). The smallest absolute Gasteiger partial charge is 0.253 e. The highest BCUT2D eigenvalue weighted by atomic mass is 35.5. The van der Waals surface area contributed by atoms with E-state index in [2.05, 4.69) is 19.2 Å². The van der Waals surface area contributed by atoms with Crippen LogP contribution in [0.1, 0.15) is 49.9 Å². The first-order valence-electron chi connectivity index (χ1n) is 7.39. The minimum Gasteiger partial charge on any atom is -0.504 e. The monoisotopic (exact) mass is 311 g/mol. The van der Waals surface area contributed by atoms with Crippen molar-refractivity contribution in [1.29, 1.82) is 0 Å². The Balaban J connectivity index is 2.12. The fraction of sp³-hybridized carbons (Fsp3) is 0.562. The lowest BCUT2D eigenvalue weighted by atomic mass is 9.99. The minimum atomic E-state index is -0.452. The van der Waals surface area contributed by atoms with Crippen molar-refractivity contribution < 1.29 is 15.0 Å². The largest absolute Gasteiger partial charge is 0.504 e. The SMILES string of the molecule is C[C@@H]1CC[C@H](C)C[C@@H](NC(=O)c2ccc(O)c(O)c2Cl)C1. The summed E-state index contributed by atoms with van der Waals surface area (Å²) in [5.41, 5.74) is 0.191. The fourth-order valence-electron chi connectivity index (χ4n) is 2.98. The maximum absolute atomic E-state index is 12.3. The summed E-state index contributed by atoms with van der Waals surface area (Å²) in [6.45, 7) is 4.41. The van der Waals surface area contributed by atoms with Gasteiger partial charge in [0.2, 0.25) is 0 Å². The van der Waals surface area contributed by atoms with Gasteiger partial charge >= 0.3 is 0 Å². The molecular weight excluding hydrogens is 290 g/mol. The lowest BCUT2D eigenvalue weighted by Gasteiger charge is -2.20. The number of carbonyl (C=O) groups is 1. The second-order valence-electron chi connectivity index (χ2n) is 6.22. The molecule has 0 heterocycles. The standard InChI is InChI=1S/C16H22ClNO3/c1-9-3-4-10(2)8-11(7-9)18-16(21)12-5-6-13(19)15(20)14(12)17/h5-6,9-11,19-20H,3-4,7-8H2,1-2H3,(H,18,21)/t9-,10+,11+. The number of amides is 1. The van der Waals surface area contributed by atoms with Gasteiger partial charge in [-0.25, -0.2) is 0 Å². The first-order valence-corrected chi connectivity index (χ1v) is 7.77. The maximum Gasteiger partial charge on any atom is 0.253 e. The summed E-state index contributed by atoms with van der Waals surface area (Å²) in [6.07, 6.45) is 4.29. The van der Waals surface area contributed by atoms with Crippen molar-refractivity contribution in [3.8, 4) is 11.5 Å². The van der Waals surface area contributed by atoms with Gasteiger partial charge < -0.3 is 15.5 Å². The van der Waals surface area contributed by atoms with E-state index in [-0.39, 0.29) is 28.3 Å². The molecule has 1 aliphatic carbocycles. The molecule has 0 spiro atoms. The van der Waals surface area contributed by atoms with E-state index in [0.717, 1.165) is 12.8 Å². The lowest BCUT2D eigenvalue weighted by Crippen LogP contribution is -2.36. The van der Waals surface area contributed by atoms with Crippen LogP contribution in [0.5, 0.6) is 11.5 Å². The molecule has 1 aliphatic rings. The van der Waals surface area contributed by atoms with Crippen molar-refractivity contribution in [3.05, 3.63) is 22.7 Å². The third-order valence-corrected chi connectivity index (χ3v) is 4.58. The van der Waals surface area contributed by atoms with Crippen LogP contribution in [-0.2, 0) is 0 Å². The zero-order valence-electron chi connectivity index (χ0n) is 12.4. The van der Waals surface area contributed by atoms with Gasteiger partial charge in [0.25, 0.3) is 5.91 Å². The second kappa shape index (κ2) is 6.56. The Kier molecular flexibility index (Phi) is 4.99. The van der Waals surface area contributed by atoms with Gasteiger partial charge in [-0.15, -0.1) is 0 Å². The molecule has 1 fully saturated rings. The first-order chi connectivity index (χ1) is 9.88. The predicted octanol–water partition coefficient (Wildman–Crippen LogP) is 3.70. The molecule has 4 nitrogen and oxygen atoms in total. The minimum absolute atomic E-state index is 0.109. The Bertz CT molecular complexity index is 520. The molecule has 1 aromatic rings. The third kappa shape index (κ3) is 3.82. The van der Waals surface area contributed by atoms with E-state index >= 15 is 0 Å². The van der Waals surface area contributed by atoms with Gasteiger partial charge in [-0.1, -0.05) is 38.3 Å². The molecule has 3 N–H and O–H groups in total. The van der Waals surface area contributed by atoms with Crippen molar-refractivity contribution in [2.75, 3.05) is 0 Å². The van der Waals surface area contributed by atoms with Crippen LogP contribution in [0.3, 0.4) is 0 Å². The number of carbonyl (C=O) groups excluding carboxylic acids is 1. The number of hydrogen-bond acceptors (Lipinski definition) is 3. The molecule has 0 aliphatic heterocycles. The first kappa shape index (κ1) is 16.0. The molecule has 0 radical (unpaired) electrons. The van der Waals surface area contributed by atoms with E-state index in [0.29, 0.717) is 11.8 Å². The number of rotatable bonds is 2. The van der Waals surface area contributed by atoms with E-state index in [1.807, 2.05) is 0 Å². The van der Waals surface area contributed by atoms with Gasteiger partial charge in [0.05, 0.1) is 10.6 Å². The van der Waals surface area contributed by atoms with Gasteiger partial charge in [-0.3, -0.25) is 4.79 Å². The molecule has 0 saturated heterocycles. The average molecular weight is 312 g/mol. The molecule has 21 heavy (non-hydrogen) atoms. The average Bonchev–Trinajstić information content (AvgIpc) is 2.57. The van der Waals surface area contributed by atoms with E-state index in [4.69, 9.17) is 11.6 Å². The van der Waals surface area contributed by atoms with Gasteiger partial charge in [-0.2, -0.15) is 0 Å². The van der Waals surface area contributed by atoms with E-state index in [9.17, 15) is 15.0 Å². The summed E-state index contributed by atoms with van der Waals surface area (Å²) in [5.74, 6) is 0.0923. The second-order valence-corrected chi connectivity index (χ2v) is 6.60. The van der Waals surface area contributed by atoms with Crippen LogP contribution in [0, 0.1) is 11.8 Å².